The Bertz CT molecular complexity index is 477. The molecule has 1 aromatic rings. The van der Waals surface area contributed by atoms with E-state index in [1.54, 1.807) is 19.2 Å². The fourth-order valence-corrected chi connectivity index (χ4v) is 2.91. The zero-order valence-electron chi connectivity index (χ0n) is 10.3. The molecule has 0 amide bonds. The van der Waals surface area contributed by atoms with E-state index in [1.807, 2.05) is 0 Å². The lowest BCUT2D eigenvalue weighted by atomic mass is 10.2. The van der Waals surface area contributed by atoms with E-state index >= 15 is 0 Å². The topological polar surface area (TPSA) is 64.6 Å². The molecule has 1 aliphatic heterocycles. The minimum atomic E-state index is -3.46. The highest BCUT2D eigenvalue weighted by Crippen LogP contribution is 2.16. The molecule has 1 aliphatic rings. The van der Waals surface area contributed by atoms with Gasteiger partial charge in [-0.3, -0.25) is 0 Å². The molecule has 2 rings (SSSR count). The second-order valence-corrected chi connectivity index (χ2v) is 5.93. The Kier molecular flexibility index (Phi) is 4.21. The molecule has 0 bridgehead atoms. The van der Waals surface area contributed by atoms with E-state index in [4.69, 9.17) is 9.47 Å². The van der Waals surface area contributed by atoms with Crippen LogP contribution in [0.15, 0.2) is 29.2 Å². The van der Waals surface area contributed by atoms with Gasteiger partial charge in [0.1, 0.15) is 5.75 Å². The van der Waals surface area contributed by atoms with Crippen molar-refractivity contribution in [1.29, 1.82) is 0 Å². The zero-order valence-corrected chi connectivity index (χ0v) is 11.1. The first kappa shape index (κ1) is 13.3. The molecule has 1 heterocycles. The van der Waals surface area contributed by atoms with Crippen LogP contribution in [0.5, 0.6) is 5.75 Å². The second-order valence-electron chi connectivity index (χ2n) is 4.16. The summed E-state index contributed by atoms with van der Waals surface area (Å²) >= 11 is 0. The van der Waals surface area contributed by atoms with Gasteiger partial charge < -0.3 is 9.47 Å². The first-order valence-corrected chi connectivity index (χ1v) is 7.35. The molecule has 0 aromatic heterocycles. The van der Waals surface area contributed by atoms with Crippen molar-refractivity contribution in [1.82, 2.24) is 4.72 Å². The molecule has 0 aliphatic carbocycles. The van der Waals surface area contributed by atoms with E-state index in [1.165, 1.54) is 12.1 Å². The van der Waals surface area contributed by atoms with Crippen LogP contribution in [0.4, 0.5) is 0 Å². The normalized spacial score (nSPS) is 19.9. The van der Waals surface area contributed by atoms with Crippen LogP contribution < -0.4 is 9.46 Å². The molecular weight excluding hydrogens is 254 g/mol. The van der Waals surface area contributed by atoms with Gasteiger partial charge in [0.25, 0.3) is 0 Å². The van der Waals surface area contributed by atoms with Gasteiger partial charge in [-0.1, -0.05) is 0 Å². The number of ether oxygens (including phenoxy) is 2. The molecule has 0 saturated carbocycles. The number of rotatable bonds is 5. The second kappa shape index (κ2) is 5.69. The van der Waals surface area contributed by atoms with Gasteiger partial charge in [-0.2, -0.15) is 0 Å². The number of benzene rings is 1. The Morgan fingerprint density at radius 2 is 2.11 bits per heavy atom. The number of hydrogen-bond acceptors (Lipinski definition) is 4. The van der Waals surface area contributed by atoms with Gasteiger partial charge in [-0.05, 0) is 37.1 Å². The maximum absolute atomic E-state index is 12.0. The van der Waals surface area contributed by atoms with Crippen molar-refractivity contribution >= 4 is 10.0 Å². The molecule has 5 nitrogen and oxygen atoms in total. The van der Waals surface area contributed by atoms with Crippen molar-refractivity contribution in [3.8, 4) is 5.75 Å². The number of sulfonamides is 1. The number of methoxy groups -OCH3 is 1. The standard InChI is InChI=1S/C12H17NO4S/c1-16-10-4-6-12(7-5-10)18(14,15)13-9-11-3-2-8-17-11/h4-7,11,13H,2-3,8-9H2,1H3. The van der Waals surface area contributed by atoms with Crippen LogP contribution in [-0.2, 0) is 14.8 Å². The fraction of sp³-hybridized carbons (Fsp3) is 0.500. The van der Waals surface area contributed by atoms with Crippen LogP contribution in [0.1, 0.15) is 12.8 Å². The zero-order chi connectivity index (χ0) is 13.0. The third-order valence-electron chi connectivity index (χ3n) is 2.89. The lowest BCUT2D eigenvalue weighted by Crippen LogP contribution is -2.31. The Balaban J connectivity index is 2.00. The predicted octanol–water partition coefficient (Wildman–Crippen LogP) is 1.15. The smallest absolute Gasteiger partial charge is 0.240 e. The average Bonchev–Trinajstić information content (AvgIpc) is 2.90. The van der Waals surface area contributed by atoms with E-state index in [-0.39, 0.29) is 11.0 Å². The summed E-state index contributed by atoms with van der Waals surface area (Å²) in [5.41, 5.74) is 0. The Hall–Kier alpha value is -1.11. The van der Waals surface area contributed by atoms with E-state index < -0.39 is 10.0 Å². The van der Waals surface area contributed by atoms with Crippen LogP contribution in [0, 0.1) is 0 Å². The molecule has 1 fully saturated rings. The first-order valence-electron chi connectivity index (χ1n) is 5.87. The van der Waals surface area contributed by atoms with Crippen LogP contribution >= 0.6 is 0 Å². The summed E-state index contributed by atoms with van der Waals surface area (Å²) in [4.78, 5) is 0.237. The van der Waals surface area contributed by atoms with Crippen LogP contribution in [0.3, 0.4) is 0 Å². The maximum Gasteiger partial charge on any atom is 0.240 e. The van der Waals surface area contributed by atoms with Gasteiger partial charge in [0.15, 0.2) is 0 Å². The van der Waals surface area contributed by atoms with Crippen molar-refractivity contribution in [2.45, 2.75) is 23.8 Å². The Labute approximate surface area is 107 Å². The van der Waals surface area contributed by atoms with Crippen LogP contribution in [0.2, 0.25) is 0 Å². The molecule has 6 heteroatoms. The summed E-state index contributed by atoms with van der Waals surface area (Å²) in [6.07, 6.45) is 1.90. The molecule has 1 unspecified atom stereocenters. The van der Waals surface area contributed by atoms with Gasteiger partial charge in [0.05, 0.1) is 18.1 Å². The summed E-state index contributed by atoms with van der Waals surface area (Å²) in [5.74, 6) is 0.632. The molecule has 1 aromatic carbocycles. The summed E-state index contributed by atoms with van der Waals surface area (Å²) in [6, 6.07) is 6.30. The molecular formula is C12H17NO4S. The lowest BCUT2D eigenvalue weighted by molar-refractivity contribution is 0.114. The van der Waals surface area contributed by atoms with E-state index in [0.717, 1.165) is 19.4 Å². The van der Waals surface area contributed by atoms with Gasteiger partial charge in [-0.15, -0.1) is 0 Å². The number of hydrogen-bond donors (Lipinski definition) is 1. The van der Waals surface area contributed by atoms with Crippen molar-refractivity contribution in [2.75, 3.05) is 20.3 Å². The maximum atomic E-state index is 12.0. The average molecular weight is 271 g/mol. The molecule has 100 valence electrons. The summed E-state index contributed by atoms with van der Waals surface area (Å²) in [7, 11) is -1.92. The Morgan fingerprint density at radius 1 is 1.39 bits per heavy atom. The van der Waals surface area contributed by atoms with Crippen LogP contribution in [-0.4, -0.2) is 34.8 Å². The molecule has 18 heavy (non-hydrogen) atoms. The van der Waals surface area contributed by atoms with Gasteiger partial charge in [0.2, 0.25) is 10.0 Å². The molecule has 0 spiro atoms. The van der Waals surface area contributed by atoms with E-state index in [9.17, 15) is 8.42 Å². The molecule has 1 atom stereocenters. The third kappa shape index (κ3) is 3.22. The minimum Gasteiger partial charge on any atom is -0.497 e. The highest BCUT2D eigenvalue weighted by atomic mass is 32.2. The van der Waals surface area contributed by atoms with Gasteiger partial charge in [-0.25, -0.2) is 13.1 Å². The predicted molar refractivity (Wildman–Crippen MR) is 67.2 cm³/mol. The summed E-state index contributed by atoms with van der Waals surface area (Å²) in [6.45, 7) is 1.04. The molecule has 0 radical (unpaired) electrons. The Morgan fingerprint density at radius 3 is 2.67 bits per heavy atom. The fourth-order valence-electron chi connectivity index (χ4n) is 1.85. The highest BCUT2D eigenvalue weighted by molar-refractivity contribution is 7.89. The van der Waals surface area contributed by atoms with Crippen LogP contribution in [0.25, 0.3) is 0 Å². The highest BCUT2D eigenvalue weighted by Gasteiger charge is 2.20. The van der Waals surface area contributed by atoms with Crippen molar-refractivity contribution in [2.24, 2.45) is 0 Å². The largest absolute Gasteiger partial charge is 0.497 e. The van der Waals surface area contributed by atoms with Gasteiger partial charge >= 0.3 is 0 Å². The van der Waals surface area contributed by atoms with Crippen molar-refractivity contribution in [3.05, 3.63) is 24.3 Å². The summed E-state index contributed by atoms with van der Waals surface area (Å²) in [5, 5.41) is 0. The van der Waals surface area contributed by atoms with E-state index in [0.29, 0.717) is 12.3 Å². The lowest BCUT2D eigenvalue weighted by Gasteiger charge is -2.11. The summed E-state index contributed by atoms with van der Waals surface area (Å²) < 4.78 is 36.9. The van der Waals surface area contributed by atoms with Crippen molar-refractivity contribution < 1.29 is 17.9 Å². The van der Waals surface area contributed by atoms with Gasteiger partial charge in [0, 0.05) is 13.2 Å². The quantitative estimate of drug-likeness (QED) is 0.872. The molecule has 1 saturated heterocycles. The first-order chi connectivity index (χ1) is 8.62. The van der Waals surface area contributed by atoms with E-state index in [2.05, 4.69) is 4.72 Å². The third-order valence-corrected chi connectivity index (χ3v) is 4.33. The molecule has 1 N–H and O–H groups in total. The number of nitrogens with one attached hydrogen (secondary N) is 1. The SMILES string of the molecule is COc1ccc(S(=O)(=O)NCC2CCCO2)cc1. The minimum absolute atomic E-state index is 0.00183. The monoisotopic (exact) mass is 271 g/mol. The van der Waals surface area contributed by atoms with Crippen molar-refractivity contribution in [3.63, 3.8) is 0 Å².